The summed E-state index contributed by atoms with van der Waals surface area (Å²) in [7, 11) is 0. The Morgan fingerprint density at radius 2 is 2.00 bits per heavy atom. The van der Waals surface area contributed by atoms with Gasteiger partial charge in [0.1, 0.15) is 4.34 Å². The highest BCUT2D eigenvalue weighted by Gasteiger charge is 2.13. The van der Waals surface area contributed by atoms with Gasteiger partial charge in [-0.15, -0.1) is 11.3 Å². The maximum atomic E-state index is 10.0. The zero-order valence-electron chi connectivity index (χ0n) is 8.36. The van der Waals surface area contributed by atoms with Crippen molar-refractivity contribution in [1.29, 1.82) is 0 Å². The number of benzene rings is 1. The average Bonchev–Trinajstić information content (AvgIpc) is 2.61. The molecule has 84 valence electrons. The van der Waals surface area contributed by atoms with Crippen molar-refractivity contribution in [2.45, 2.75) is 12.5 Å². The van der Waals surface area contributed by atoms with Gasteiger partial charge < -0.3 is 5.11 Å². The molecule has 0 saturated heterocycles. The molecule has 4 heteroatoms. The van der Waals surface area contributed by atoms with Crippen LogP contribution in [0.15, 0.2) is 40.9 Å². The minimum Gasteiger partial charge on any atom is -0.387 e. The van der Waals surface area contributed by atoms with Gasteiger partial charge in [-0.25, -0.2) is 0 Å². The van der Waals surface area contributed by atoms with E-state index in [0.29, 0.717) is 10.8 Å². The first-order valence-electron chi connectivity index (χ1n) is 4.83. The van der Waals surface area contributed by atoms with Gasteiger partial charge in [0.25, 0.3) is 0 Å². The number of halogens is 2. The average molecular weight is 318 g/mol. The Balaban J connectivity index is 2.11. The van der Waals surface area contributed by atoms with Crippen LogP contribution in [0.1, 0.15) is 16.5 Å². The lowest BCUT2D eigenvalue weighted by molar-refractivity contribution is 0.182. The molecule has 1 nitrogen and oxygen atoms in total. The van der Waals surface area contributed by atoms with Crippen LogP contribution in [0.25, 0.3) is 0 Å². The molecule has 0 aliphatic heterocycles. The van der Waals surface area contributed by atoms with Gasteiger partial charge in [0, 0.05) is 15.8 Å². The molecular weight excluding hydrogens is 308 g/mol. The summed E-state index contributed by atoms with van der Waals surface area (Å²) in [5.41, 5.74) is 1.12. The fourth-order valence-corrected chi connectivity index (χ4v) is 3.19. The second-order valence-electron chi connectivity index (χ2n) is 3.48. The van der Waals surface area contributed by atoms with Crippen LogP contribution < -0.4 is 0 Å². The first-order chi connectivity index (χ1) is 7.66. The van der Waals surface area contributed by atoms with Crippen molar-refractivity contribution >= 4 is 38.9 Å². The van der Waals surface area contributed by atoms with Crippen molar-refractivity contribution in [2.75, 3.05) is 0 Å². The van der Waals surface area contributed by atoms with Crippen molar-refractivity contribution in [3.8, 4) is 0 Å². The summed E-state index contributed by atoms with van der Waals surface area (Å²) in [6.45, 7) is 0. The predicted octanol–water partition coefficient (Wildman–Crippen LogP) is 4.44. The van der Waals surface area contributed by atoms with Crippen molar-refractivity contribution in [3.63, 3.8) is 0 Å². The number of aliphatic hydroxyl groups is 1. The molecule has 2 rings (SSSR count). The molecule has 1 aromatic heterocycles. The lowest BCUT2D eigenvalue weighted by atomic mass is 10.1. The molecule has 0 amide bonds. The summed E-state index contributed by atoms with van der Waals surface area (Å²) >= 11 is 10.7. The molecule has 1 atom stereocenters. The van der Waals surface area contributed by atoms with Crippen LogP contribution in [0.4, 0.5) is 0 Å². The van der Waals surface area contributed by atoms with Crippen LogP contribution in [0, 0.1) is 0 Å². The number of hydrogen-bond acceptors (Lipinski definition) is 2. The number of thiophene rings is 1. The largest absolute Gasteiger partial charge is 0.387 e. The SMILES string of the molecule is OC(Cc1ccccc1)c1cc(Br)c(Cl)s1. The third-order valence-electron chi connectivity index (χ3n) is 2.26. The number of aliphatic hydroxyl groups excluding tert-OH is 1. The van der Waals surface area contributed by atoms with Crippen LogP contribution in [-0.4, -0.2) is 5.11 Å². The third-order valence-corrected chi connectivity index (χ3v) is 4.84. The Bertz CT molecular complexity index is 450. The first-order valence-corrected chi connectivity index (χ1v) is 6.82. The van der Waals surface area contributed by atoms with Crippen molar-refractivity contribution in [2.24, 2.45) is 0 Å². The third kappa shape index (κ3) is 2.86. The van der Waals surface area contributed by atoms with Crippen molar-refractivity contribution < 1.29 is 5.11 Å². The molecular formula is C12H10BrClOS. The second kappa shape index (κ2) is 5.32. The monoisotopic (exact) mass is 316 g/mol. The van der Waals surface area contributed by atoms with Gasteiger partial charge in [-0.1, -0.05) is 41.9 Å². The van der Waals surface area contributed by atoms with Crippen LogP contribution in [0.5, 0.6) is 0 Å². The van der Waals surface area contributed by atoms with E-state index in [9.17, 15) is 5.11 Å². The Hall–Kier alpha value is -0.350. The van der Waals surface area contributed by atoms with E-state index in [-0.39, 0.29) is 0 Å². The van der Waals surface area contributed by atoms with E-state index in [1.54, 1.807) is 0 Å². The smallest absolute Gasteiger partial charge is 0.107 e. The van der Waals surface area contributed by atoms with E-state index >= 15 is 0 Å². The molecule has 16 heavy (non-hydrogen) atoms. The maximum Gasteiger partial charge on any atom is 0.107 e. The van der Waals surface area contributed by atoms with Gasteiger partial charge in [-0.05, 0) is 27.6 Å². The van der Waals surface area contributed by atoms with E-state index < -0.39 is 6.10 Å². The maximum absolute atomic E-state index is 10.0. The van der Waals surface area contributed by atoms with E-state index in [4.69, 9.17) is 11.6 Å². The minimum atomic E-state index is -0.490. The van der Waals surface area contributed by atoms with Crippen LogP contribution in [0.2, 0.25) is 4.34 Å². The second-order valence-corrected chi connectivity index (χ2v) is 6.02. The van der Waals surface area contributed by atoms with Gasteiger partial charge in [-0.3, -0.25) is 0 Å². The fourth-order valence-electron chi connectivity index (χ4n) is 1.47. The summed E-state index contributed by atoms with van der Waals surface area (Å²) < 4.78 is 1.53. The molecule has 0 spiro atoms. The van der Waals surface area contributed by atoms with Crippen molar-refractivity contribution in [1.82, 2.24) is 0 Å². The summed E-state index contributed by atoms with van der Waals surface area (Å²) in [6, 6.07) is 11.8. The highest BCUT2D eigenvalue weighted by molar-refractivity contribution is 9.10. The molecule has 0 aliphatic rings. The van der Waals surface area contributed by atoms with Crippen LogP contribution >= 0.6 is 38.9 Å². The Morgan fingerprint density at radius 3 is 2.56 bits per heavy atom. The van der Waals surface area contributed by atoms with Gasteiger partial charge >= 0.3 is 0 Å². The summed E-state index contributed by atoms with van der Waals surface area (Å²) in [6.07, 6.45) is 0.126. The zero-order valence-corrected chi connectivity index (χ0v) is 11.5. The molecule has 1 unspecified atom stereocenters. The van der Waals surface area contributed by atoms with Crippen LogP contribution in [-0.2, 0) is 6.42 Å². The molecule has 0 bridgehead atoms. The van der Waals surface area contributed by atoms with Crippen LogP contribution in [0.3, 0.4) is 0 Å². The highest BCUT2D eigenvalue weighted by Crippen LogP contribution is 2.36. The Morgan fingerprint density at radius 1 is 1.31 bits per heavy atom. The topological polar surface area (TPSA) is 20.2 Å². The number of rotatable bonds is 3. The van der Waals surface area contributed by atoms with E-state index in [1.165, 1.54) is 11.3 Å². The molecule has 0 saturated carbocycles. The molecule has 0 fully saturated rings. The van der Waals surface area contributed by atoms with E-state index in [0.717, 1.165) is 14.9 Å². The Kier molecular flexibility index (Phi) is 4.03. The first kappa shape index (κ1) is 12.1. The molecule has 0 aliphatic carbocycles. The highest BCUT2D eigenvalue weighted by atomic mass is 79.9. The number of hydrogen-bond donors (Lipinski definition) is 1. The lowest BCUT2D eigenvalue weighted by Crippen LogP contribution is -1.98. The fraction of sp³-hybridized carbons (Fsp3) is 0.167. The van der Waals surface area contributed by atoms with Gasteiger partial charge in [0.05, 0.1) is 6.10 Å². The normalized spacial score (nSPS) is 12.7. The van der Waals surface area contributed by atoms with Crippen molar-refractivity contribution in [3.05, 3.63) is 55.6 Å². The zero-order chi connectivity index (χ0) is 11.5. The predicted molar refractivity (Wildman–Crippen MR) is 72.1 cm³/mol. The quantitative estimate of drug-likeness (QED) is 0.887. The molecule has 1 heterocycles. The molecule has 2 aromatic rings. The summed E-state index contributed by atoms with van der Waals surface area (Å²) in [4.78, 5) is 0.890. The van der Waals surface area contributed by atoms with E-state index in [2.05, 4.69) is 15.9 Å². The standard InChI is InChI=1S/C12H10BrClOS/c13-9-7-11(16-12(9)14)10(15)6-8-4-2-1-3-5-8/h1-5,7,10,15H,6H2. The minimum absolute atomic E-state index is 0.490. The lowest BCUT2D eigenvalue weighted by Gasteiger charge is -2.07. The molecule has 0 radical (unpaired) electrons. The van der Waals surface area contributed by atoms with Gasteiger partial charge in [-0.2, -0.15) is 0 Å². The molecule has 1 N–H and O–H groups in total. The summed E-state index contributed by atoms with van der Waals surface area (Å²) in [5, 5.41) is 10.0. The summed E-state index contributed by atoms with van der Waals surface area (Å²) in [5.74, 6) is 0. The molecule has 1 aromatic carbocycles. The Labute approximate surface area is 112 Å². The van der Waals surface area contributed by atoms with Gasteiger partial charge in [0.2, 0.25) is 0 Å². The van der Waals surface area contributed by atoms with E-state index in [1.807, 2.05) is 36.4 Å². The van der Waals surface area contributed by atoms with Gasteiger partial charge in [0.15, 0.2) is 0 Å².